The van der Waals surface area contributed by atoms with Crippen LogP contribution in [0.5, 0.6) is 0 Å². The molecule has 6 nitrogen and oxygen atoms in total. The Hall–Kier alpha value is -1.69. The Kier molecular flexibility index (Phi) is 5.29. The molecule has 1 aromatic heterocycles. The number of rotatable bonds is 6. The van der Waals surface area contributed by atoms with Crippen molar-refractivity contribution in [3.8, 4) is 0 Å². The van der Waals surface area contributed by atoms with Crippen LogP contribution in [0.15, 0.2) is 12.1 Å². The van der Waals surface area contributed by atoms with E-state index in [1.807, 2.05) is 13.8 Å². The summed E-state index contributed by atoms with van der Waals surface area (Å²) in [4.78, 5) is 14.4. The second-order valence-electron chi connectivity index (χ2n) is 5.22. The van der Waals surface area contributed by atoms with E-state index in [1.165, 1.54) is 12.8 Å². The van der Waals surface area contributed by atoms with Crippen LogP contribution >= 0.6 is 0 Å². The molecule has 1 unspecified atom stereocenters. The number of carbonyl (C=O) groups excluding carboxylic acids is 1. The molecule has 0 bridgehead atoms. The van der Waals surface area contributed by atoms with Crippen molar-refractivity contribution >= 4 is 11.7 Å². The summed E-state index contributed by atoms with van der Waals surface area (Å²) in [5.41, 5.74) is 0.361. The number of anilines is 1. The lowest BCUT2D eigenvalue weighted by atomic mass is 10.3. The zero-order valence-corrected chi connectivity index (χ0v) is 12.2. The summed E-state index contributed by atoms with van der Waals surface area (Å²) in [6.07, 6.45) is 2.52. The summed E-state index contributed by atoms with van der Waals surface area (Å²) in [5, 5.41) is 13.9. The summed E-state index contributed by atoms with van der Waals surface area (Å²) in [5.74, 6) is 0.529. The lowest BCUT2D eigenvalue weighted by Gasteiger charge is -2.20. The minimum Gasteiger partial charge on any atom is -0.369 e. The van der Waals surface area contributed by atoms with Crippen molar-refractivity contribution in [3.05, 3.63) is 17.8 Å². The van der Waals surface area contributed by atoms with E-state index in [0.717, 1.165) is 26.2 Å². The van der Waals surface area contributed by atoms with Gasteiger partial charge < -0.3 is 15.5 Å². The molecule has 2 N–H and O–H groups in total. The molecule has 0 saturated carbocycles. The highest BCUT2D eigenvalue weighted by atomic mass is 16.2. The molecule has 0 radical (unpaired) electrons. The third kappa shape index (κ3) is 4.16. The number of nitrogens with one attached hydrogen (secondary N) is 2. The van der Waals surface area contributed by atoms with Crippen LogP contribution in [0.2, 0.25) is 0 Å². The summed E-state index contributed by atoms with van der Waals surface area (Å²) in [6, 6.07) is 3.59. The van der Waals surface area contributed by atoms with Gasteiger partial charge in [0.25, 0.3) is 5.91 Å². The van der Waals surface area contributed by atoms with Crippen LogP contribution in [-0.2, 0) is 0 Å². The quantitative estimate of drug-likeness (QED) is 0.815. The molecule has 2 heterocycles. The van der Waals surface area contributed by atoms with E-state index in [-0.39, 0.29) is 11.9 Å². The van der Waals surface area contributed by atoms with Gasteiger partial charge in [0.1, 0.15) is 5.82 Å². The van der Waals surface area contributed by atoms with E-state index in [9.17, 15) is 4.79 Å². The molecule has 1 fully saturated rings. The molecule has 0 aliphatic carbocycles. The smallest absolute Gasteiger partial charge is 0.272 e. The number of nitrogens with zero attached hydrogens (tertiary/aromatic N) is 3. The minimum atomic E-state index is -0.160. The van der Waals surface area contributed by atoms with Crippen LogP contribution in [0.3, 0.4) is 0 Å². The highest BCUT2D eigenvalue weighted by Crippen LogP contribution is 2.08. The van der Waals surface area contributed by atoms with E-state index in [2.05, 4.69) is 25.7 Å². The Morgan fingerprint density at radius 3 is 2.70 bits per heavy atom. The van der Waals surface area contributed by atoms with Crippen LogP contribution in [-0.4, -0.2) is 53.2 Å². The van der Waals surface area contributed by atoms with Gasteiger partial charge in [-0.3, -0.25) is 4.79 Å². The molecule has 2 rings (SSSR count). The van der Waals surface area contributed by atoms with E-state index in [4.69, 9.17) is 0 Å². The molecule has 1 aromatic rings. The summed E-state index contributed by atoms with van der Waals surface area (Å²) in [7, 11) is 0. The molecule has 0 spiro atoms. The molecule has 1 aliphatic heterocycles. The molecule has 6 heteroatoms. The highest BCUT2D eigenvalue weighted by molar-refractivity contribution is 5.92. The molecular formula is C14H23N5O. The zero-order chi connectivity index (χ0) is 14.4. The molecule has 110 valence electrons. The van der Waals surface area contributed by atoms with Crippen LogP contribution in [0.1, 0.15) is 37.2 Å². The molecule has 0 aromatic carbocycles. The van der Waals surface area contributed by atoms with Gasteiger partial charge in [-0.25, -0.2) is 0 Å². The van der Waals surface area contributed by atoms with E-state index < -0.39 is 0 Å². The summed E-state index contributed by atoms with van der Waals surface area (Å²) < 4.78 is 0. The first-order valence-electron chi connectivity index (χ1n) is 7.30. The number of hydrogen-bond donors (Lipinski definition) is 2. The van der Waals surface area contributed by atoms with Crippen LogP contribution in [0.4, 0.5) is 5.82 Å². The number of likely N-dealkylation sites (tertiary alicyclic amines) is 1. The molecule has 1 amide bonds. The predicted molar refractivity (Wildman–Crippen MR) is 78.8 cm³/mol. The third-order valence-corrected chi connectivity index (χ3v) is 3.36. The summed E-state index contributed by atoms with van der Waals surface area (Å²) >= 11 is 0. The maximum atomic E-state index is 12.0. The Labute approximate surface area is 120 Å². The van der Waals surface area contributed by atoms with Gasteiger partial charge in [-0.05, 0) is 51.9 Å². The van der Waals surface area contributed by atoms with Crippen molar-refractivity contribution in [1.82, 2.24) is 20.4 Å². The van der Waals surface area contributed by atoms with Gasteiger partial charge in [-0.1, -0.05) is 0 Å². The lowest BCUT2D eigenvalue weighted by Crippen LogP contribution is -2.41. The van der Waals surface area contributed by atoms with Crippen LogP contribution in [0.25, 0.3) is 0 Å². The normalized spacial score (nSPS) is 16.9. The van der Waals surface area contributed by atoms with Gasteiger partial charge in [0, 0.05) is 19.1 Å². The molecular weight excluding hydrogens is 254 g/mol. The number of hydrogen-bond acceptors (Lipinski definition) is 5. The topological polar surface area (TPSA) is 70.2 Å². The van der Waals surface area contributed by atoms with Crippen molar-refractivity contribution in [2.45, 2.75) is 32.7 Å². The average Bonchev–Trinajstić information content (AvgIpc) is 2.92. The molecule has 1 saturated heterocycles. The number of amides is 1. The van der Waals surface area contributed by atoms with Crippen molar-refractivity contribution < 1.29 is 4.79 Å². The zero-order valence-electron chi connectivity index (χ0n) is 12.2. The van der Waals surface area contributed by atoms with E-state index >= 15 is 0 Å². The fraction of sp³-hybridized carbons (Fsp3) is 0.643. The first kappa shape index (κ1) is 14.7. The van der Waals surface area contributed by atoms with Gasteiger partial charge in [0.05, 0.1) is 0 Å². The maximum Gasteiger partial charge on any atom is 0.272 e. The second-order valence-corrected chi connectivity index (χ2v) is 5.22. The average molecular weight is 277 g/mol. The van der Waals surface area contributed by atoms with Gasteiger partial charge in [0.15, 0.2) is 5.69 Å². The van der Waals surface area contributed by atoms with Crippen molar-refractivity contribution in [2.24, 2.45) is 0 Å². The number of carbonyl (C=O) groups is 1. The summed E-state index contributed by atoms with van der Waals surface area (Å²) in [6.45, 7) is 7.97. The molecule has 1 atom stereocenters. The Balaban J connectivity index is 1.83. The van der Waals surface area contributed by atoms with Crippen molar-refractivity contribution in [3.63, 3.8) is 0 Å². The van der Waals surface area contributed by atoms with Gasteiger partial charge in [-0.2, -0.15) is 0 Å². The van der Waals surface area contributed by atoms with E-state index in [1.54, 1.807) is 12.1 Å². The third-order valence-electron chi connectivity index (χ3n) is 3.36. The highest BCUT2D eigenvalue weighted by Gasteiger charge is 2.17. The standard InChI is InChI=1S/C14H23N5O/c1-3-15-13-7-6-12(17-18-13)14(20)16-11(2)10-19-8-4-5-9-19/h6-7,11H,3-5,8-10H2,1-2H3,(H,15,18)(H,16,20). The van der Waals surface area contributed by atoms with Crippen LogP contribution < -0.4 is 10.6 Å². The monoisotopic (exact) mass is 277 g/mol. The fourth-order valence-corrected chi connectivity index (χ4v) is 2.42. The largest absolute Gasteiger partial charge is 0.369 e. The first-order valence-corrected chi connectivity index (χ1v) is 7.30. The van der Waals surface area contributed by atoms with Gasteiger partial charge >= 0.3 is 0 Å². The Morgan fingerprint density at radius 2 is 2.10 bits per heavy atom. The van der Waals surface area contributed by atoms with E-state index in [0.29, 0.717) is 11.5 Å². The number of aromatic nitrogens is 2. The minimum absolute atomic E-state index is 0.121. The Bertz CT molecular complexity index is 428. The molecule has 1 aliphatic rings. The first-order chi connectivity index (χ1) is 9.69. The Morgan fingerprint density at radius 1 is 1.35 bits per heavy atom. The van der Waals surface area contributed by atoms with Gasteiger partial charge in [0.2, 0.25) is 0 Å². The predicted octanol–water partition coefficient (Wildman–Crippen LogP) is 1.12. The lowest BCUT2D eigenvalue weighted by molar-refractivity contribution is 0.0926. The van der Waals surface area contributed by atoms with Crippen molar-refractivity contribution in [1.29, 1.82) is 0 Å². The second kappa shape index (κ2) is 7.19. The molecule has 20 heavy (non-hydrogen) atoms. The van der Waals surface area contributed by atoms with Crippen LogP contribution in [0, 0.1) is 0 Å². The maximum absolute atomic E-state index is 12.0. The van der Waals surface area contributed by atoms with Crippen molar-refractivity contribution in [2.75, 3.05) is 31.5 Å². The SMILES string of the molecule is CCNc1ccc(C(=O)NC(C)CN2CCCC2)nn1. The van der Waals surface area contributed by atoms with Gasteiger partial charge in [-0.15, -0.1) is 10.2 Å². The fourth-order valence-electron chi connectivity index (χ4n) is 2.42.